The van der Waals surface area contributed by atoms with Crippen molar-refractivity contribution in [2.24, 2.45) is 0 Å². The van der Waals surface area contributed by atoms with Crippen LogP contribution in [0.1, 0.15) is 78.1 Å². The van der Waals surface area contributed by atoms with E-state index in [9.17, 15) is 0 Å². The van der Waals surface area contributed by atoms with E-state index in [0.29, 0.717) is 6.04 Å². The van der Waals surface area contributed by atoms with Gasteiger partial charge in [-0.25, -0.2) is 0 Å². The van der Waals surface area contributed by atoms with Crippen LogP contribution in [0.5, 0.6) is 0 Å². The summed E-state index contributed by atoms with van der Waals surface area (Å²) in [6.45, 7) is 4.59. The Balaban J connectivity index is 1.72. The van der Waals surface area contributed by atoms with Gasteiger partial charge >= 0.3 is 0 Å². The van der Waals surface area contributed by atoms with Crippen LogP contribution < -0.4 is 10.6 Å². The third-order valence-electron chi connectivity index (χ3n) is 4.88. The van der Waals surface area contributed by atoms with Gasteiger partial charge in [-0.05, 0) is 45.4 Å². The largest absolute Gasteiger partial charge is 0.311 e. The van der Waals surface area contributed by atoms with Crippen molar-refractivity contribution in [3.8, 4) is 0 Å². The van der Waals surface area contributed by atoms with Gasteiger partial charge in [-0.1, -0.05) is 32.6 Å². The lowest BCUT2D eigenvalue weighted by Crippen LogP contribution is -2.47. The van der Waals surface area contributed by atoms with Crippen LogP contribution in [-0.4, -0.2) is 24.2 Å². The van der Waals surface area contributed by atoms with Crippen LogP contribution in [0.15, 0.2) is 0 Å². The molecule has 0 saturated heterocycles. The maximum Gasteiger partial charge on any atom is 0.00844 e. The Morgan fingerprint density at radius 1 is 0.889 bits per heavy atom. The average Bonchev–Trinajstić information content (AvgIpc) is 2.40. The lowest BCUT2D eigenvalue weighted by Gasteiger charge is -2.35. The molecule has 0 aromatic heterocycles. The van der Waals surface area contributed by atoms with E-state index < -0.39 is 0 Å². The Hall–Kier alpha value is -0.0800. The standard InChI is InChI=1S/C16H32N2/c1-3-13(2)17-15-10-7-11-16(12-15)18-14-8-5-4-6-9-14/h13-18H,3-12H2,1-2H3. The van der Waals surface area contributed by atoms with Crippen LogP contribution in [0.4, 0.5) is 0 Å². The first-order valence-electron chi connectivity index (χ1n) is 8.30. The highest BCUT2D eigenvalue weighted by atomic mass is 15.0. The minimum atomic E-state index is 0.684. The molecule has 2 N–H and O–H groups in total. The Bertz CT molecular complexity index is 223. The van der Waals surface area contributed by atoms with Crippen molar-refractivity contribution in [1.82, 2.24) is 10.6 Å². The zero-order valence-electron chi connectivity index (χ0n) is 12.4. The molecule has 2 aliphatic carbocycles. The maximum atomic E-state index is 3.94. The Labute approximate surface area is 113 Å². The lowest BCUT2D eigenvalue weighted by atomic mass is 9.88. The molecule has 0 aromatic carbocycles. The second-order valence-corrected chi connectivity index (χ2v) is 6.54. The van der Waals surface area contributed by atoms with Crippen molar-refractivity contribution in [1.29, 1.82) is 0 Å². The fourth-order valence-electron chi connectivity index (χ4n) is 3.62. The number of hydrogen-bond donors (Lipinski definition) is 2. The van der Waals surface area contributed by atoms with Crippen LogP contribution in [-0.2, 0) is 0 Å². The van der Waals surface area contributed by atoms with Crippen molar-refractivity contribution in [3.63, 3.8) is 0 Å². The number of hydrogen-bond acceptors (Lipinski definition) is 2. The van der Waals surface area contributed by atoms with Gasteiger partial charge in [0.2, 0.25) is 0 Å². The molecule has 0 aliphatic heterocycles. The molecular weight excluding hydrogens is 220 g/mol. The highest BCUT2D eigenvalue weighted by Gasteiger charge is 2.25. The van der Waals surface area contributed by atoms with Gasteiger partial charge in [-0.3, -0.25) is 0 Å². The third kappa shape index (κ3) is 4.55. The summed E-state index contributed by atoms with van der Waals surface area (Å²) in [7, 11) is 0. The van der Waals surface area contributed by atoms with Gasteiger partial charge in [0.05, 0.1) is 0 Å². The van der Waals surface area contributed by atoms with Gasteiger partial charge in [-0.15, -0.1) is 0 Å². The molecule has 0 heterocycles. The van der Waals surface area contributed by atoms with E-state index >= 15 is 0 Å². The first-order valence-corrected chi connectivity index (χ1v) is 8.30. The van der Waals surface area contributed by atoms with E-state index in [2.05, 4.69) is 24.5 Å². The molecule has 0 amide bonds. The predicted octanol–water partition coefficient (Wildman–Crippen LogP) is 3.61. The van der Waals surface area contributed by atoms with Crippen LogP contribution >= 0.6 is 0 Å². The van der Waals surface area contributed by atoms with E-state index in [1.807, 2.05) is 0 Å². The van der Waals surface area contributed by atoms with Gasteiger partial charge in [0.25, 0.3) is 0 Å². The zero-order valence-corrected chi connectivity index (χ0v) is 12.4. The van der Waals surface area contributed by atoms with Crippen molar-refractivity contribution in [2.75, 3.05) is 0 Å². The first kappa shape index (κ1) is 14.3. The summed E-state index contributed by atoms with van der Waals surface area (Å²) in [5.74, 6) is 0. The molecule has 0 spiro atoms. The van der Waals surface area contributed by atoms with Crippen LogP contribution in [0.3, 0.4) is 0 Å². The van der Waals surface area contributed by atoms with Crippen molar-refractivity contribution >= 4 is 0 Å². The number of rotatable bonds is 5. The fraction of sp³-hybridized carbons (Fsp3) is 1.00. The lowest BCUT2D eigenvalue weighted by molar-refractivity contribution is 0.248. The normalized spacial score (nSPS) is 32.3. The number of nitrogens with one attached hydrogen (secondary N) is 2. The van der Waals surface area contributed by atoms with Crippen LogP contribution in [0.25, 0.3) is 0 Å². The maximum absolute atomic E-state index is 3.94. The Morgan fingerprint density at radius 2 is 1.56 bits per heavy atom. The summed E-state index contributed by atoms with van der Waals surface area (Å²) in [5.41, 5.74) is 0. The predicted molar refractivity (Wildman–Crippen MR) is 78.9 cm³/mol. The molecule has 2 heteroatoms. The highest BCUT2D eigenvalue weighted by Crippen LogP contribution is 2.23. The molecule has 2 fully saturated rings. The molecule has 3 atom stereocenters. The molecule has 3 unspecified atom stereocenters. The Morgan fingerprint density at radius 3 is 2.28 bits per heavy atom. The fourth-order valence-corrected chi connectivity index (χ4v) is 3.62. The second kappa shape index (κ2) is 7.49. The van der Waals surface area contributed by atoms with E-state index in [4.69, 9.17) is 0 Å². The quantitative estimate of drug-likeness (QED) is 0.781. The van der Waals surface area contributed by atoms with Crippen LogP contribution in [0, 0.1) is 0 Å². The van der Waals surface area contributed by atoms with Gasteiger partial charge in [-0.2, -0.15) is 0 Å². The van der Waals surface area contributed by atoms with Gasteiger partial charge in [0.15, 0.2) is 0 Å². The smallest absolute Gasteiger partial charge is 0.00844 e. The van der Waals surface area contributed by atoms with Crippen LogP contribution in [0.2, 0.25) is 0 Å². The molecule has 2 rings (SSSR count). The van der Waals surface area contributed by atoms with Crippen molar-refractivity contribution in [3.05, 3.63) is 0 Å². The zero-order chi connectivity index (χ0) is 12.8. The minimum Gasteiger partial charge on any atom is -0.311 e. The molecule has 0 aromatic rings. The summed E-state index contributed by atoms with van der Waals surface area (Å²) in [5, 5.41) is 7.73. The summed E-state index contributed by atoms with van der Waals surface area (Å²) in [6, 6.07) is 3.05. The summed E-state index contributed by atoms with van der Waals surface area (Å²) >= 11 is 0. The van der Waals surface area contributed by atoms with E-state index in [-0.39, 0.29) is 0 Å². The highest BCUT2D eigenvalue weighted by molar-refractivity contribution is 4.86. The summed E-state index contributed by atoms with van der Waals surface area (Å²) in [6.07, 6.45) is 14.0. The van der Waals surface area contributed by atoms with E-state index in [0.717, 1.165) is 18.1 Å². The molecule has 2 nitrogen and oxygen atoms in total. The topological polar surface area (TPSA) is 24.1 Å². The Kier molecular flexibility index (Phi) is 5.97. The van der Waals surface area contributed by atoms with E-state index in [1.54, 1.807) is 0 Å². The SMILES string of the molecule is CCC(C)NC1CCCC(NC2CCCCC2)C1. The minimum absolute atomic E-state index is 0.684. The molecule has 0 radical (unpaired) electrons. The third-order valence-corrected chi connectivity index (χ3v) is 4.88. The molecule has 106 valence electrons. The molecule has 2 aliphatic rings. The second-order valence-electron chi connectivity index (χ2n) is 6.54. The van der Waals surface area contributed by atoms with Crippen molar-refractivity contribution in [2.45, 2.75) is 102 Å². The molecule has 18 heavy (non-hydrogen) atoms. The van der Waals surface area contributed by atoms with Gasteiger partial charge < -0.3 is 10.6 Å². The van der Waals surface area contributed by atoms with E-state index in [1.165, 1.54) is 64.2 Å². The van der Waals surface area contributed by atoms with Crippen molar-refractivity contribution < 1.29 is 0 Å². The monoisotopic (exact) mass is 252 g/mol. The average molecular weight is 252 g/mol. The van der Waals surface area contributed by atoms with Gasteiger partial charge in [0.1, 0.15) is 0 Å². The molecule has 0 bridgehead atoms. The summed E-state index contributed by atoms with van der Waals surface area (Å²) in [4.78, 5) is 0. The molecular formula is C16H32N2. The molecule has 2 saturated carbocycles. The first-order chi connectivity index (χ1) is 8.78. The van der Waals surface area contributed by atoms with Gasteiger partial charge in [0, 0.05) is 24.2 Å². The summed E-state index contributed by atoms with van der Waals surface area (Å²) < 4.78 is 0.